The van der Waals surface area contributed by atoms with Crippen LogP contribution >= 0.6 is 11.6 Å². The van der Waals surface area contributed by atoms with E-state index < -0.39 is 11.9 Å². The molecule has 0 bridgehead atoms. The van der Waals surface area contributed by atoms with Crippen LogP contribution in [0.2, 0.25) is 5.02 Å². The monoisotopic (exact) mass is 307 g/mol. The Hall–Kier alpha value is -2.34. The molecule has 2 rings (SSSR count). The summed E-state index contributed by atoms with van der Waals surface area (Å²) in [7, 11) is 0. The molecule has 7 heteroatoms. The minimum absolute atomic E-state index is 0.148. The standard InChI is InChI=1S/C14H14ClN3O3/c1-2-6-18-8-9(15)7-11(18)13(19)17-10-4-3-5-16-12(10)14(20)21/h3-5,7-8H,2,6H2,1H3,(H,17,19)(H,20,21). The number of hydrogen-bond acceptors (Lipinski definition) is 3. The Kier molecular flexibility index (Phi) is 4.59. The van der Waals surface area contributed by atoms with Crippen LogP contribution in [0.5, 0.6) is 0 Å². The first-order chi connectivity index (χ1) is 10.0. The van der Waals surface area contributed by atoms with Gasteiger partial charge < -0.3 is 15.0 Å². The van der Waals surface area contributed by atoms with Crippen molar-refractivity contribution in [2.45, 2.75) is 19.9 Å². The predicted octanol–water partition coefficient (Wildman–Crippen LogP) is 2.90. The fourth-order valence-corrected chi connectivity index (χ4v) is 2.18. The number of nitrogens with zero attached hydrogens (tertiary/aromatic N) is 2. The SMILES string of the molecule is CCCn1cc(Cl)cc1C(=O)Nc1cccnc1C(=O)O. The highest BCUT2D eigenvalue weighted by atomic mass is 35.5. The lowest BCUT2D eigenvalue weighted by atomic mass is 10.2. The van der Waals surface area contributed by atoms with E-state index in [1.165, 1.54) is 12.3 Å². The Labute approximate surface area is 126 Å². The van der Waals surface area contributed by atoms with E-state index in [0.29, 0.717) is 17.3 Å². The van der Waals surface area contributed by atoms with Crippen molar-refractivity contribution in [3.05, 3.63) is 47.0 Å². The molecule has 1 amide bonds. The van der Waals surface area contributed by atoms with Crippen LogP contribution in [-0.2, 0) is 6.54 Å². The highest BCUT2D eigenvalue weighted by molar-refractivity contribution is 6.31. The topological polar surface area (TPSA) is 84.2 Å². The Morgan fingerprint density at radius 1 is 1.48 bits per heavy atom. The van der Waals surface area contributed by atoms with Gasteiger partial charge in [0.1, 0.15) is 5.69 Å². The molecule has 0 aromatic carbocycles. The highest BCUT2D eigenvalue weighted by Gasteiger charge is 2.17. The molecule has 0 aliphatic carbocycles. The van der Waals surface area contributed by atoms with Gasteiger partial charge in [0.15, 0.2) is 5.69 Å². The van der Waals surface area contributed by atoms with Crippen LogP contribution in [-0.4, -0.2) is 26.5 Å². The van der Waals surface area contributed by atoms with Gasteiger partial charge in [-0.15, -0.1) is 0 Å². The molecule has 0 fully saturated rings. The Morgan fingerprint density at radius 2 is 2.24 bits per heavy atom. The van der Waals surface area contributed by atoms with E-state index in [9.17, 15) is 9.59 Å². The van der Waals surface area contributed by atoms with Gasteiger partial charge in [-0.2, -0.15) is 0 Å². The number of carboxylic acids is 1. The summed E-state index contributed by atoms with van der Waals surface area (Å²) in [5, 5.41) is 12.1. The summed E-state index contributed by atoms with van der Waals surface area (Å²) in [5.74, 6) is -1.63. The number of amides is 1. The summed E-state index contributed by atoms with van der Waals surface area (Å²) in [6, 6.07) is 4.59. The highest BCUT2D eigenvalue weighted by Crippen LogP contribution is 2.18. The van der Waals surface area contributed by atoms with Gasteiger partial charge in [0, 0.05) is 18.9 Å². The molecule has 0 spiro atoms. The molecule has 0 saturated heterocycles. The first-order valence-corrected chi connectivity index (χ1v) is 6.76. The van der Waals surface area contributed by atoms with Gasteiger partial charge in [-0.1, -0.05) is 18.5 Å². The molecular formula is C14H14ClN3O3. The number of aryl methyl sites for hydroxylation is 1. The zero-order valence-corrected chi connectivity index (χ0v) is 12.1. The Bertz CT molecular complexity index is 682. The lowest BCUT2D eigenvalue weighted by Gasteiger charge is -2.09. The van der Waals surface area contributed by atoms with Crippen LogP contribution in [0.25, 0.3) is 0 Å². The van der Waals surface area contributed by atoms with Gasteiger partial charge in [-0.05, 0) is 24.6 Å². The lowest BCUT2D eigenvalue weighted by molar-refractivity contribution is 0.0692. The number of carbonyl (C=O) groups is 2. The van der Waals surface area contributed by atoms with Gasteiger partial charge >= 0.3 is 5.97 Å². The number of hydrogen-bond donors (Lipinski definition) is 2. The number of aromatic carboxylic acids is 1. The number of halogens is 1. The van der Waals surface area contributed by atoms with Crippen LogP contribution in [0, 0.1) is 0 Å². The van der Waals surface area contributed by atoms with Crippen LogP contribution in [0.4, 0.5) is 5.69 Å². The number of carboxylic acid groups (broad SMARTS) is 1. The van der Waals surface area contributed by atoms with E-state index in [0.717, 1.165) is 6.42 Å². The van der Waals surface area contributed by atoms with Crippen molar-refractivity contribution < 1.29 is 14.7 Å². The van der Waals surface area contributed by atoms with Crippen molar-refractivity contribution in [3.8, 4) is 0 Å². The van der Waals surface area contributed by atoms with E-state index in [1.54, 1.807) is 22.9 Å². The second-order valence-corrected chi connectivity index (χ2v) is 4.83. The zero-order chi connectivity index (χ0) is 15.4. The normalized spacial score (nSPS) is 10.4. The second-order valence-electron chi connectivity index (χ2n) is 4.40. The molecule has 110 valence electrons. The molecule has 2 heterocycles. The van der Waals surface area contributed by atoms with Crippen molar-refractivity contribution in [1.82, 2.24) is 9.55 Å². The maximum atomic E-state index is 12.3. The molecule has 0 aliphatic rings. The third-order valence-electron chi connectivity index (χ3n) is 2.82. The molecule has 0 atom stereocenters. The summed E-state index contributed by atoms with van der Waals surface area (Å²) < 4.78 is 1.73. The third kappa shape index (κ3) is 3.41. The molecule has 2 aromatic rings. The fourth-order valence-electron chi connectivity index (χ4n) is 1.95. The molecule has 0 radical (unpaired) electrons. The Morgan fingerprint density at radius 3 is 2.90 bits per heavy atom. The first kappa shape index (κ1) is 15.1. The minimum atomic E-state index is -1.20. The average Bonchev–Trinajstić information content (AvgIpc) is 2.80. The molecular weight excluding hydrogens is 294 g/mol. The summed E-state index contributed by atoms with van der Waals surface area (Å²) in [5.41, 5.74) is 0.322. The molecule has 0 saturated carbocycles. The van der Waals surface area contributed by atoms with Crippen molar-refractivity contribution in [3.63, 3.8) is 0 Å². The van der Waals surface area contributed by atoms with Crippen molar-refractivity contribution in [2.24, 2.45) is 0 Å². The molecule has 0 aliphatic heterocycles. The minimum Gasteiger partial charge on any atom is -0.476 e. The molecule has 2 N–H and O–H groups in total. The zero-order valence-electron chi connectivity index (χ0n) is 11.3. The number of nitrogens with one attached hydrogen (secondary N) is 1. The quantitative estimate of drug-likeness (QED) is 0.889. The van der Waals surface area contributed by atoms with Gasteiger partial charge in [-0.3, -0.25) is 4.79 Å². The first-order valence-electron chi connectivity index (χ1n) is 6.38. The summed E-state index contributed by atoms with van der Waals surface area (Å²) >= 11 is 5.92. The van der Waals surface area contributed by atoms with Gasteiger partial charge in [0.25, 0.3) is 5.91 Å². The van der Waals surface area contributed by atoms with E-state index in [-0.39, 0.29) is 11.4 Å². The van der Waals surface area contributed by atoms with Crippen molar-refractivity contribution in [2.75, 3.05) is 5.32 Å². The number of rotatable bonds is 5. The fraction of sp³-hybridized carbons (Fsp3) is 0.214. The lowest BCUT2D eigenvalue weighted by Crippen LogP contribution is -2.19. The predicted molar refractivity (Wildman–Crippen MR) is 78.9 cm³/mol. The maximum absolute atomic E-state index is 12.3. The second kappa shape index (κ2) is 6.41. The molecule has 2 aromatic heterocycles. The van der Waals surface area contributed by atoms with Crippen molar-refractivity contribution >= 4 is 29.2 Å². The summed E-state index contributed by atoms with van der Waals surface area (Å²) in [6.45, 7) is 2.63. The van der Waals surface area contributed by atoms with E-state index in [2.05, 4.69) is 10.3 Å². The van der Waals surface area contributed by atoms with Gasteiger partial charge in [0.2, 0.25) is 0 Å². The molecule has 0 unspecified atom stereocenters. The van der Waals surface area contributed by atoms with Gasteiger partial charge in [0.05, 0.1) is 10.7 Å². The maximum Gasteiger partial charge on any atom is 0.356 e. The van der Waals surface area contributed by atoms with E-state index in [4.69, 9.17) is 16.7 Å². The van der Waals surface area contributed by atoms with Crippen molar-refractivity contribution in [1.29, 1.82) is 0 Å². The van der Waals surface area contributed by atoms with Crippen LogP contribution < -0.4 is 5.32 Å². The summed E-state index contributed by atoms with van der Waals surface area (Å²) in [4.78, 5) is 27.1. The number of pyridine rings is 1. The van der Waals surface area contributed by atoms with Crippen LogP contribution in [0.1, 0.15) is 34.3 Å². The van der Waals surface area contributed by atoms with E-state index >= 15 is 0 Å². The van der Waals surface area contributed by atoms with Crippen LogP contribution in [0.3, 0.4) is 0 Å². The van der Waals surface area contributed by atoms with Gasteiger partial charge in [-0.25, -0.2) is 9.78 Å². The Balaban J connectivity index is 2.28. The number of anilines is 1. The molecule has 6 nitrogen and oxygen atoms in total. The van der Waals surface area contributed by atoms with Crippen LogP contribution in [0.15, 0.2) is 30.6 Å². The number of carbonyl (C=O) groups excluding carboxylic acids is 1. The number of aromatic nitrogens is 2. The smallest absolute Gasteiger partial charge is 0.356 e. The average molecular weight is 308 g/mol. The largest absolute Gasteiger partial charge is 0.476 e. The van der Waals surface area contributed by atoms with E-state index in [1.807, 2.05) is 6.92 Å². The third-order valence-corrected chi connectivity index (χ3v) is 3.03. The summed E-state index contributed by atoms with van der Waals surface area (Å²) in [6.07, 6.45) is 3.87. The molecule has 21 heavy (non-hydrogen) atoms.